The van der Waals surface area contributed by atoms with E-state index in [0.29, 0.717) is 0 Å². The first-order valence-corrected chi connectivity index (χ1v) is 10.9. The van der Waals surface area contributed by atoms with Crippen LogP contribution in [-0.2, 0) is 4.65 Å². The maximum absolute atomic E-state index is 10.3. The summed E-state index contributed by atoms with van der Waals surface area (Å²) in [4.78, 5) is 0. The fraction of sp³-hybridized carbons (Fsp3) is 0.259. The van der Waals surface area contributed by atoms with Crippen LogP contribution in [0.4, 0.5) is 5.69 Å². The normalized spacial score (nSPS) is 16.0. The molecule has 0 aliphatic carbocycles. The number of hydrogen-bond acceptors (Lipinski definition) is 4. The van der Waals surface area contributed by atoms with Gasteiger partial charge in [0.05, 0.1) is 16.9 Å². The van der Waals surface area contributed by atoms with Gasteiger partial charge in [-0.3, -0.25) is 0 Å². The van der Waals surface area contributed by atoms with E-state index in [9.17, 15) is 5.11 Å². The third kappa shape index (κ3) is 3.62. The average Bonchev–Trinajstić information content (AvgIpc) is 3.22. The Labute approximate surface area is 189 Å². The molecule has 5 heteroatoms. The molecule has 4 nitrogen and oxygen atoms in total. The van der Waals surface area contributed by atoms with E-state index in [1.165, 1.54) is 0 Å². The van der Waals surface area contributed by atoms with Gasteiger partial charge in [0.2, 0.25) is 0 Å². The third-order valence-electron chi connectivity index (χ3n) is 6.56. The minimum absolute atomic E-state index is 0.197. The van der Waals surface area contributed by atoms with Crippen LogP contribution < -0.4 is 15.5 Å². The highest BCUT2D eigenvalue weighted by molar-refractivity contribution is 6.47. The van der Waals surface area contributed by atoms with Gasteiger partial charge in [-0.1, -0.05) is 72.2 Å². The summed E-state index contributed by atoms with van der Waals surface area (Å²) >= 11 is 0. The monoisotopic (exact) mass is 424 g/mol. The summed E-state index contributed by atoms with van der Waals surface area (Å²) in [6, 6.07) is 24.9. The van der Waals surface area contributed by atoms with Gasteiger partial charge in [-0.2, -0.15) is 0 Å². The highest BCUT2D eigenvalue weighted by Gasteiger charge is 2.35. The summed E-state index contributed by atoms with van der Waals surface area (Å²) < 4.78 is 12.3. The number of hydrogen-bond donors (Lipinski definition) is 2. The molecule has 1 radical (unpaired) electrons. The molecular weight excluding hydrogens is 397 g/mol. The van der Waals surface area contributed by atoms with Crippen molar-refractivity contribution in [1.82, 2.24) is 0 Å². The lowest BCUT2D eigenvalue weighted by Crippen LogP contribution is -2.49. The van der Waals surface area contributed by atoms with Crippen LogP contribution >= 0.6 is 0 Å². The number of fused-ring (bicyclic) bond motifs is 5. The first kappa shape index (κ1) is 20.9. The Bertz CT molecular complexity index is 1300. The van der Waals surface area contributed by atoms with Crippen molar-refractivity contribution in [3.63, 3.8) is 0 Å². The zero-order chi connectivity index (χ0) is 22.5. The Morgan fingerprint density at radius 2 is 1.62 bits per heavy atom. The Morgan fingerprint density at radius 3 is 2.38 bits per heavy atom. The van der Waals surface area contributed by atoms with Crippen molar-refractivity contribution in [2.24, 2.45) is 0 Å². The smallest absolute Gasteiger partial charge is 0.330 e. The Morgan fingerprint density at radius 1 is 0.906 bits per heavy atom. The summed E-state index contributed by atoms with van der Waals surface area (Å²) in [6.07, 6.45) is -0.197. The van der Waals surface area contributed by atoms with Crippen LogP contribution in [0.2, 0.25) is 0 Å². The largest absolute Gasteiger partial charge is 0.464 e. The summed E-state index contributed by atoms with van der Waals surface area (Å²) in [5.74, 6) is 0.887. The molecule has 0 aromatic heterocycles. The van der Waals surface area contributed by atoms with E-state index in [1.54, 1.807) is 21.3 Å². The fourth-order valence-electron chi connectivity index (χ4n) is 3.88. The van der Waals surface area contributed by atoms with E-state index in [1.807, 2.05) is 38.1 Å². The molecule has 32 heavy (non-hydrogen) atoms. The molecule has 5 rings (SSSR count). The molecule has 1 aliphatic rings. The van der Waals surface area contributed by atoms with Crippen LogP contribution in [0, 0.1) is 0 Å². The highest BCUT2D eigenvalue weighted by atomic mass is 16.5. The number of rotatable bonds is 5. The van der Waals surface area contributed by atoms with Gasteiger partial charge in [-0.25, -0.2) is 0 Å². The molecule has 1 heterocycles. The molecule has 1 unspecified atom stereocenters. The lowest BCUT2D eigenvalue weighted by atomic mass is 9.81. The first-order chi connectivity index (χ1) is 15.2. The van der Waals surface area contributed by atoms with E-state index < -0.39 is 11.2 Å². The molecule has 161 valence electrons. The molecule has 1 aliphatic heterocycles. The van der Waals surface area contributed by atoms with Crippen LogP contribution in [0.3, 0.4) is 0 Å². The number of ether oxygens (including phenoxy) is 1. The first-order valence-electron chi connectivity index (χ1n) is 10.9. The molecule has 4 aromatic carbocycles. The molecule has 0 spiro atoms. The predicted molar refractivity (Wildman–Crippen MR) is 132 cm³/mol. The summed E-state index contributed by atoms with van der Waals surface area (Å²) in [5, 5.41) is 18.3. The van der Waals surface area contributed by atoms with Crippen molar-refractivity contribution in [3.8, 4) is 5.75 Å². The highest BCUT2D eigenvalue weighted by Crippen LogP contribution is 2.45. The van der Waals surface area contributed by atoms with Crippen molar-refractivity contribution < 1.29 is 14.5 Å². The molecule has 0 saturated heterocycles. The van der Waals surface area contributed by atoms with Crippen molar-refractivity contribution >= 4 is 40.2 Å². The van der Waals surface area contributed by atoms with E-state index in [-0.39, 0.29) is 6.23 Å². The van der Waals surface area contributed by atoms with Crippen LogP contribution in [0.5, 0.6) is 5.75 Å². The van der Waals surface area contributed by atoms with Gasteiger partial charge in [0.1, 0.15) is 0 Å². The second kappa shape index (κ2) is 7.54. The lowest BCUT2D eigenvalue weighted by molar-refractivity contribution is -0.0893. The third-order valence-corrected chi connectivity index (χ3v) is 6.56. The van der Waals surface area contributed by atoms with E-state index >= 15 is 0 Å². The average molecular weight is 424 g/mol. The van der Waals surface area contributed by atoms with Crippen molar-refractivity contribution in [2.45, 2.75) is 45.1 Å². The standard InChI is InChI=1S/C27H27BNO3/c1-26(2,30)27(3,4)32-28-20-13-14-21-19(16-20)11-10-17-12-15-22-24(23(17)21)31-25(29-22)18-8-6-5-7-9-18/h5-16,25,29-30H,1-4H3. The lowest BCUT2D eigenvalue weighted by Gasteiger charge is -2.37. The van der Waals surface area contributed by atoms with Crippen molar-refractivity contribution in [2.75, 3.05) is 5.32 Å². The molecule has 1 atom stereocenters. The van der Waals surface area contributed by atoms with E-state index in [4.69, 9.17) is 9.39 Å². The van der Waals surface area contributed by atoms with Gasteiger partial charge in [-0.05, 0) is 49.9 Å². The summed E-state index contributed by atoms with van der Waals surface area (Å²) in [6.45, 7) is 7.28. The van der Waals surface area contributed by atoms with E-state index in [0.717, 1.165) is 44.0 Å². The number of benzene rings is 4. The minimum atomic E-state index is -0.962. The van der Waals surface area contributed by atoms with Gasteiger partial charge >= 0.3 is 7.48 Å². The van der Waals surface area contributed by atoms with Crippen molar-refractivity contribution in [3.05, 3.63) is 78.4 Å². The minimum Gasteiger partial charge on any atom is -0.464 e. The number of anilines is 1. The zero-order valence-electron chi connectivity index (χ0n) is 18.8. The SMILES string of the molecule is CC(C)(O)C(C)(C)O[B]c1ccc2c(ccc3ccc4c(c32)OC(c2ccccc2)N4)c1. The van der Waals surface area contributed by atoms with Gasteiger partial charge in [0.15, 0.2) is 12.0 Å². The Balaban J connectivity index is 1.50. The van der Waals surface area contributed by atoms with Gasteiger partial charge in [0.25, 0.3) is 0 Å². The summed E-state index contributed by atoms with van der Waals surface area (Å²) in [5.41, 5.74) is 1.38. The van der Waals surface area contributed by atoms with Crippen molar-refractivity contribution in [1.29, 1.82) is 0 Å². The fourth-order valence-corrected chi connectivity index (χ4v) is 3.88. The predicted octanol–water partition coefficient (Wildman–Crippen LogP) is 5.31. The van der Waals surface area contributed by atoms with Crippen LogP contribution in [0.1, 0.15) is 39.5 Å². The van der Waals surface area contributed by atoms with Gasteiger partial charge in [-0.15, -0.1) is 0 Å². The summed E-state index contributed by atoms with van der Waals surface area (Å²) in [7, 11) is 1.72. The second-order valence-corrected chi connectivity index (χ2v) is 9.44. The topological polar surface area (TPSA) is 50.7 Å². The molecular formula is C27H27BNO3. The molecule has 0 bridgehead atoms. The van der Waals surface area contributed by atoms with Crippen LogP contribution in [0.15, 0.2) is 72.8 Å². The number of nitrogens with one attached hydrogen (secondary N) is 1. The van der Waals surface area contributed by atoms with Crippen LogP contribution in [-0.4, -0.2) is 23.8 Å². The second-order valence-electron chi connectivity index (χ2n) is 9.44. The molecule has 4 aromatic rings. The molecule has 0 saturated carbocycles. The Hall–Kier alpha value is -3.02. The van der Waals surface area contributed by atoms with Gasteiger partial charge in [0, 0.05) is 10.9 Å². The van der Waals surface area contributed by atoms with E-state index in [2.05, 4.69) is 53.8 Å². The zero-order valence-corrected chi connectivity index (χ0v) is 18.8. The number of aliphatic hydroxyl groups is 1. The van der Waals surface area contributed by atoms with Crippen LogP contribution in [0.25, 0.3) is 21.5 Å². The molecule has 0 amide bonds. The van der Waals surface area contributed by atoms with Gasteiger partial charge < -0.3 is 19.8 Å². The molecule has 0 fully saturated rings. The molecule has 2 N–H and O–H groups in total. The maximum Gasteiger partial charge on any atom is 0.330 e. The maximum atomic E-state index is 10.3. The Kier molecular flexibility index (Phi) is 4.92. The quantitative estimate of drug-likeness (QED) is 0.337.